The minimum Gasteiger partial charge on any atom is -0.478 e. The highest BCUT2D eigenvalue weighted by atomic mass is 19.4. The van der Waals surface area contributed by atoms with Gasteiger partial charge < -0.3 is 20.8 Å². The first-order chi connectivity index (χ1) is 28.1. The third kappa shape index (κ3) is 8.84. The van der Waals surface area contributed by atoms with Crippen molar-refractivity contribution in [3.63, 3.8) is 0 Å². The zero-order chi connectivity index (χ0) is 42.1. The number of fused-ring (bicyclic) bond motifs is 2. The van der Waals surface area contributed by atoms with E-state index in [1.807, 2.05) is 53.9 Å². The molecule has 17 heteroatoms. The number of carbonyl (C=O) groups is 1. The number of aliphatic hydroxyl groups is 1. The third-order valence-corrected chi connectivity index (χ3v) is 9.00. The number of anilines is 4. The Morgan fingerprint density at radius 3 is 1.47 bits per heavy atom. The summed E-state index contributed by atoms with van der Waals surface area (Å²) in [6.45, 7) is 3.46. The second-order valence-corrected chi connectivity index (χ2v) is 13.2. The van der Waals surface area contributed by atoms with Crippen molar-refractivity contribution in [1.29, 1.82) is 0 Å². The number of aromatic carboxylic acids is 1. The van der Waals surface area contributed by atoms with E-state index in [9.17, 15) is 41.4 Å². The van der Waals surface area contributed by atoms with Crippen LogP contribution in [-0.2, 0) is 19.0 Å². The van der Waals surface area contributed by atoms with Crippen molar-refractivity contribution >= 4 is 40.3 Å². The molecular weight excluding hydrogens is 779 g/mol. The van der Waals surface area contributed by atoms with Gasteiger partial charge in [0.2, 0.25) is 0 Å². The van der Waals surface area contributed by atoms with Crippen LogP contribution in [0.3, 0.4) is 0 Å². The van der Waals surface area contributed by atoms with Gasteiger partial charge in [-0.2, -0.15) is 26.3 Å². The van der Waals surface area contributed by atoms with E-state index in [4.69, 9.17) is 0 Å². The van der Waals surface area contributed by atoms with Gasteiger partial charge in [0.05, 0.1) is 57.5 Å². The average molecular weight is 811 g/mol. The summed E-state index contributed by atoms with van der Waals surface area (Å²) in [7, 11) is 0. The number of alkyl halides is 6. The molecule has 59 heavy (non-hydrogen) atoms. The molecule has 0 aliphatic carbocycles. The molecule has 0 unspecified atom stereocenters. The van der Waals surface area contributed by atoms with E-state index in [-0.39, 0.29) is 18.0 Å². The molecule has 0 saturated heterocycles. The molecule has 300 valence electrons. The molecule has 0 saturated carbocycles. The fraction of sp³-hybridized carbons (Fsp3) is 0.119. The average Bonchev–Trinajstić information content (AvgIpc) is 3.72. The normalized spacial score (nSPS) is 11.7. The van der Waals surface area contributed by atoms with Crippen LogP contribution in [0.25, 0.3) is 34.1 Å². The summed E-state index contributed by atoms with van der Waals surface area (Å²) < 4.78 is 80.2. The number of aromatic nitrogens is 6. The number of hydrogen-bond acceptors (Lipinski definition) is 8. The van der Waals surface area contributed by atoms with Crippen molar-refractivity contribution in [1.82, 2.24) is 28.7 Å². The lowest BCUT2D eigenvalue weighted by Crippen LogP contribution is -2.05. The quantitative estimate of drug-likeness (QED) is 0.110. The van der Waals surface area contributed by atoms with Crippen molar-refractivity contribution in [3.8, 4) is 22.8 Å². The van der Waals surface area contributed by atoms with Gasteiger partial charge in [-0.1, -0.05) is 12.1 Å². The Hall–Kier alpha value is -7.27. The molecule has 0 aliphatic rings. The monoisotopic (exact) mass is 810 g/mol. The van der Waals surface area contributed by atoms with E-state index >= 15 is 0 Å². The van der Waals surface area contributed by atoms with Gasteiger partial charge in [0.1, 0.15) is 22.9 Å². The fourth-order valence-electron chi connectivity index (χ4n) is 6.33. The van der Waals surface area contributed by atoms with Gasteiger partial charge >= 0.3 is 18.3 Å². The molecule has 0 atom stereocenters. The number of benzene rings is 2. The van der Waals surface area contributed by atoms with E-state index in [0.717, 1.165) is 41.3 Å². The first-order valence-electron chi connectivity index (χ1n) is 17.7. The maximum Gasteiger partial charge on any atom is 0.416 e. The summed E-state index contributed by atoms with van der Waals surface area (Å²) in [5, 5.41) is 25.0. The van der Waals surface area contributed by atoms with E-state index < -0.39 is 29.4 Å². The SMILES string of the molecule is Cc1nc2ccccn2c1-c1cc(C(=O)O)cc(Nc2ccc(C(F)(F)F)cc2)n1.Cc1nc2ccccn2c1-c1cc(CO)cc(Nc2ccc(C(F)(F)F)cc2)n1. The molecule has 0 aliphatic heterocycles. The summed E-state index contributed by atoms with van der Waals surface area (Å²) in [5.74, 6) is -0.549. The van der Waals surface area contributed by atoms with Crippen LogP contribution < -0.4 is 10.6 Å². The summed E-state index contributed by atoms with van der Waals surface area (Å²) in [5.41, 5.74) is 5.20. The maximum atomic E-state index is 12.8. The number of hydrogen-bond donors (Lipinski definition) is 4. The Bertz CT molecular complexity index is 2800. The third-order valence-electron chi connectivity index (χ3n) is 9.00. The maximum absolute atomic E-state index is 12.8. The number of nitrogens with one attached hydrogen (secondary N) is 2. The van der Waals surface area contributed by atoms with Crippen LogP contribution >= 0.6 is 0 Å². The molecule has 6 heterocycles. The predicted octanol–water partition coefficient (Wildman–Crippen LogP) is 10.1. The van der Waals surface area contributed by atoms with E-state index in [1.165, 1.54) is 36.4 Å². The number of carboxylic acids is 1. The Labute approximate surface area is 331 Å². The number of carboxylic acid groups (broad SMARTS) is 1. The highest BCUT2D eigenvalue weighted by Gasteiger charge is 2.31. The van der Waals surface area contributed by atoms with E-state index in [1.54, 1.807) is 29.7 Å². The molecule has 6 aromatic heterocycles. The first kappa shape index (κ1) is 39.9. The topological polar surface area (TPSA) is 142 Å². The molecule has 0 fully saturated rings. The Kier molecular flexibility index (Phi) is 10.8. The van der Waals surface area contributed by atoms with Gasteiger partial charge in [0.15, 0.2) is 0 Å². The van der Waals surface area contributed by atoms with Gasteiger partial charge in [-0.25, -0.2) is 24.7 Å². The van der Waals surface area contributed by atoms with Crippen LogP contribution in [0, 0.1) is 13.8 Å². The molecule has 0 bridgehead atoms. The van der Waals surface area contributed by atoms with Gasteiger partial charge in [-0.3, -0.25) is 8.80 Å². The smallest absolute Gasteiger partial charge is 0.416 e. The lowest BCUT2D eigenvalue weighted by atomic mass is 10.1. The molecule has 8 rings (SSSR count). The van der Waals surface area contributed by atoms with Crippen LogP contribution in [-0.4, -0.2) is 44.9 Å². The Balaban J connectivity index is 0.000000179. The lowest BCUT2D eigenvalue weighted by Gasteiger charge is -2.12. The van der Waals surface area contributed by atoms with E-state index in [2.05, 4.69) is 30.6 Å². The molecule has 0 amide bonds. The van der Waals surface area contributed by atoms with Crippen LogP contribution in [0.4, 0.5) is 49.4 Å². The predicted molar refractivity (Wildman–Crippen MR) is 209 cm³/mol. The number of nitrogens with zero attached hydrogens (tertiary/aromatic N) is 6. The van der Waals surface area contributed by atoms with Gasteiger partial charge in [0.25, 0.3) is 0 Å². The summed E-state index contributed by atoms with van der Waals surface area (Å²) in [6.07, 6.45) is -5.15. The van der Waals surface area contributed by atoms with Crippen molar-refractivity contribution in [3.05, 3.63) is 155 Å². The zero-order valence-corrected chi connectivity index (χ0v) is 31.0. The minimum absolute atomic E-state index is 0.0142. The van der Waals surface area contributed by atoms with Gasteiger partial charge in [-0.05, 0) is 116 Å². The van der Waals surface area contributed by atoms with Crippen LogP contribution in [0.5, 0.6) is 0 Å². The molecular formula is C42H32F6N8O3. The Morgan fingerprint density at radius 1 is 0.610 bits per heavy atom. The highest BCUT2D eigenvalue weighted by molar-refractivity contribution is 5.90. The lowest BCUT2D eigenvalue weighted by molar-refractivity contribution is -0.138. The summed E-state index contributed by atoms with van der Waals surface area (Å²) in [6, 6.07) is 26.4. The second-order valence-electron chi connectivity index (χ2n) is 13.2. The Morgan fingerprint density at radius 2 is 1.05 bits per heavy atom. The van der Waals surface area contributed by atoms with Crippen LogP contribution in [0.1, 0.15) is 38.4 Å². The minimum atomic E-state index is -4.44. The van der Waals surface area contributed by atoms with Crippen molar-refractivity contribution in [2.45, 2.75) is 32.8 Å². The van der Waals surface area contributed by atoms with Crippen molar-refractivity contribution in [2.75, 3.05) is 10.6 Å². The van der Waals surface area contributed by atoms with E-state index in [0.29, 0.717) is 51.2 Å². The molecule has 8 aromatic rings. The number of aliphatic hydroxyl groups excluding tert-OH is 1. The van der Waals surface area contributed by atoms with Gasteiger partial charge in [0, 0.05) is 23.8 Å². The van der Waals surface area contributed by atoms with Crippen LogP contribution in [0.2, 0.25) is 0 Å². The largest absolute Gasteiger partial charge is 0.478 e. The number of pyridine rings is 4. The molecule has 11 nitrogen and oxygen atoms in total. The molecule has 0 radical (unpaired) electrons. The standard InChI is InChI=1S/C21H15F3N4O2.C21H17F3N4O/c1-12-19(28-9-3-2-4-18(28)25-12)16-10-13(20(29)30)11-17(27-16)26-15-7-5-14(6-8-15)21(22,23)24;1-13-20(28-9-3-2-4-19(28)25-13)17-10-14(12-29)11-18(27-17)26-16-7-5-15(6-8-16)21(22,23)24/h2-11H,1H3,(H,26,27)(H,29,30);2-11,29H,12H2,1H3,(H,26,27). The number of imidazole rings is 2. The zero-order valence-electron chi connectivity index (χ0n) is 31.0. The van der Waals surface area contributed by atoms with Crippen LogP contribution in [0.15, 0.2) is 122 Å². The van der Waals surface area contributed by atoms with Gasteiger partial charge in [-0.15, -0.1) is 0 Å². The number of aryl methyl sites for hydroxylation is 2. The van der Waals surface area contributed by atoms with Crippen molar-refractivity contribution < 1.29 is 41.4 Å². The number of halogens is 6. The molecule has 0 spiro atoms. The first-order valence-corrected chi connectivity index (χ1v) is 17.7. The highest BCUT2D eigenvalue weighted by Crippen LogP contribution is 2.33. The number of rotatable bonds is 8. The second kappa shape index (κ2) is 15.9. The molecule has 4 N–H and O–H groups in total. The molecule has 2 aromatic carbocycles. The van der Waals surface area contributed by atoms with Crippen molar-refractivity contribution in [2.24, 2.45) is 0 Å². The fourth-order valence-corrected chi connectivity index (χ4v) is 6.33. The summed E-state index contributed by atoms with van der Waals surface area (Å²) >= 11 is 0. The summed E-state index contributed by atoms with van der Waals surface area (Å²) in [4.78, 5) is 29.7.